The summed E-state index contributed by atoms with van der Waals surface area (Å²) >= 11 is 18.8. The van der Waals surface area contributed by atoms with Crippen molar-refractivity contribution >= 4 is 142 Å². The predicted molar refractivity (Wildman–Crippen MR) is 258 cm³/mol. The molecule has 4 aromatic heterocycles. The number of unbranched alkanes of at least 4 members (excludes halogenated alkanes) is 2. The molecule has 0 aliphatic rings. The minimum absolute atomic E-state index is 0.220. The van der Waals surface area contributed by atoms with Crippen LogP contribution in [0.25, 0.3) is 29.3 Å². The summed E-state index contributed by atoms with van der Waals surface area (Å²) in [4.78, 5) is 36.9. The Hall–Kier alpha value is 0.674. The van der Waals surface area contributed by atoms with Crippen molar-refractivity contribution in [2.45, 2.75) is 110 Å². The predicted octanol–water partition coefficient (Wildman–Crippen LogP) is 16.1. The second-order valence-corrected chi connectivity index (χ2v) is 37.2. The molecule has 0 amide bonds. The Balaban J connectivity index is 1.64. The third-order valence-electron chi connectivity index (χ3n) is 7.73. The Kier molecular flexibility index (Phi) is 19.7. The molecule has 2 nitrogen and oxygen atoms in total. The van der Waals surface area contributed by atoms with Gasteiger partial charge in [0, 0.05) is 70.8 Å². The van der Waals surface area contributed by atoms with E-state index in [1.165, 1.54) is 96.0 Å². The van der Waals surface area contributed by atoms with Gasteiger partial charge in [-0.05, 0) is 95.8 Å². The third kappa shape index (κ3) is 15.9. The summed E-state index contributed by atoms with van der Waals surface area (Å²) < 4.78 is 0. The molecule has 52 heavy (non-hydrogen) atoms. The van der Waals surface area contributed by atoms with Crippen LogP contribution in [0.4, 0.5) is 0 Å². The van der Waals surface area contributed by atoms with Crippen LogP contribution in [0, 0.1) is 0 Å². The molecule has 0 aromatic carbocycles. The molecule has 0 unspecified atom stereocenters. The number of thiophene rings is 4. The van der Waals surface area contributed by atoms with Gasteiger partial charge in [-0.2, -0.15) is 0 Å². The van der Waals surface area contributed by atoms with Gasteiger partial charge < -0.3 is 0 Å². The van der Waals surface area contributed by atoms with E-state index in [4.69, 9.17) is 0 Å². The van der Waals surface area contributed by atoms with Crippen LogP contribution in [0.5, 0.6) is 0 Å². The largest absolute Gasteiger partial charge is 0.288 e. The first-order chi connectivity index (χ1) is 24.7. The van der Waals surface area contributed by atoms with Crippen LogP contribution in [0.1, 0.15) is 39.5 Å². The molecule has 0 aliphatic heterocycles. The van der Waals surface area contributed by atoms with Crippen molar-refractivity contribution < 1.29 is 9.59 Å². The molecule has 4 rings (SSSR count). The highest BCUT2D eigenvalue weighted by atomic mass is 32.2. The van der Waals surface area contributed by atoms with Gasteiger partial charge in [0.25, 0.3) is 0 Å². The summed E-state index contributed by atoms with van der Waals surface area (Å²) in [5.41, 5.74) is 0. The van der Waals surface area contributed by atoms with E-state index >= 15 is 0 Å². The standard InChI is InChI=1S/C38H54O2S10Si2/c1-27(39)41-15-9-11-17-43-29-13-19-47-35(29)33-25-31(45-21-23-51(3,4)5)37(49-33)38-32(46-22-24-52(6,7)8)26-34(50-38)36-30(14-20-48-36)44-18-12-10-16-42-28(2)40/h13-14,19-20,25-26H,9-12,15-18,21-24H2,1-8H3. The number of rotatable bonds is 23. The molecule has 4 aromatic rings. The molecule has 0 saturated heterocycles. The Morgan fingerprint density at radius 2 is 0.885 bits per heavy atom. The van der Waals surface area contributed by atoms with Crippen molar-refractivity contribution in [2.24, 2.45) is 0 Å². The fraction of sp³-hybridized carbons (Fsp3) is 0.526. The van der Waals surface area contributed by atoms with Crippen molar-refractivity contribution in [1.82, 2.24) is 0 Å². The first-order valence-corrected chi connectivity index (χ1v) is 34.6. The summed E-state index contributed by atoms with van der Waals surface area (Å²) in [6, 6.07) is 12.3. The SMILES string of the molecule is CC(=O)SCCCCSc1ccsc1-c1cc(SCC[Si](C)(C)C)c(-c2sc(-c3sccc3SCCCCSC(C)=O)cc2SCC[Si](C)(C)C)s1. The Labute approximate surface area is 357 Å². The summed E-state index contributed by atoms with van der Waals surface area (Å²) in [6.07, 6.45) is 4.43. The van der Waals surface area contributed by atoms with Gasteiger partial charge in [0.2, 0.25) is 0 Å². The van der Waals surface area contributed by atoms with Gasteiger partial charge in [-0.25, -0.2) is 0 Å². The summed E-state index contributed by atoms with van der Waals surface area (Å²) in [5.74, 6) is 6.37. The van der Waals surface area contributed by atoms with Crippen LogP contribution in [-0.2, 0) is 9.59 Å². The Morgan fingerprint density at radius 1 is 0.519 bits per heavy atom. The van der Waals surface area contributed by atoms with Crippen molar-refractivity contribution in [3.05, 3.63) is 35.0 Å². The second kappa shape index (κ2) is 22.6. The molecule has 0 spiro atoms. The number of hydrogen-bond acceptors (Lipinski definition) is 12. The highest BCUT2D eigenvalue weighted by Gasteiger charge is 2.24. The molecular weight excluding hydrogens is 865 g/mol. The van der Waals surface area contributed by atoms with Crippen LogP contribution in [-0.4, -0.2) is 60.9 Å². The van der Waals surface area contributed by atoms with Crippen LogP contribution >= 0.6 is 116 Å². The quantitative estimate of drug-likeness (QED) is 0.0414. The van der Waals surface area contributed by atoms with Gasteiger partial charge in [0.15, 0.2) is 10.2 Å². The molecule has 286 valence electrons. The van der Waals surface area contributed by atoms with Crippen molar-refractivity contribution in [3.63, 3.8) is 0 Å². The van der Waals surface area contributed by atoms with E-state index in [0.29, 0.717) is 0 Å². The van der Waals surface area contributed by atoms with Crippen LogP contribution < -0.4 is 0 Å². The molecule has 0 atom stereocenters. The maximum Gasteiger partial charge on any atom is 0.185 e. The van der Waals surface area contributed by atoms with Gasteiger partial charge in [-0.1, -0.05) is 62.8 Å². The minimum Gasteiger partial charge on any atom is -0.288 e. The lowest BCUT2D eigenvalue weighted by Crippen LogP contribution is -2.19. The zero-order chi connectivity index (χ0) is 37.7. The molecule has 0 fully saturated rings. The average molecular weight is 920 g/mol. The van der Waals surface area contributed by atoms with Crippen LogP contribution in [0.15, 0.2) is 54.6 Å². The molecule has 0 aliphatic carbocycles. The van der Waals surface area contributed by atoms with Gasteiger partial charge in [0.05, 0.1) is 19.5 Å². The van der Waals surface area contributed by atoms with Crippen molar-refractivity contribution in [3.8, 4) is 29.3 Å². The van der Waals surface area contributed by atoms with Crippen molar-refractivity contribution in [1.29, 1.82) is 0 Å². The van der Waals surface area contributed by atoms with Crippen LogP contribution in [0.3, 0.4) is 0 Å². The zero-order valence-corrected chi connectivity index (χ0v) is 42.0. The zero-order valence-electron chi connectivity index (χ0n) is 31.8. The molecular formula is C38H54O2S10Si2. The van der Waals surface area contributed by atoms with E-state index in [1.54, 1.807) is 13.8 Å². The summed E-state index contributed by atoms with van der Waals surface area (Å²) in [7, 11) is -2.31. The van der Waals surface area contributed by atoms with E-state index in [-0.39, 0.29) is 10.2 Å². The third-order valence-corrected chi connectivity index (χ3v) is 23.3. The molecule has 0 radical (unpaired) electrons. The maximum absolute atomic E-state index is 11.3. The average Bonchev–Trinajstić information content (AvgIpc) is 3.85. The highest BCUT2D eigenvalue weighted by Crippen LogP contribution is 2.54. The summed E-state index contributed by atoms with van der Waals surface area (Å²) in [6.45, 7) is 18.3. The van der Waals surface area contributed by atoms with E-state index < -0.39 is 16.1 Å². The van der Waals surface area contributed by atoms with Gasteiger partial charge in [-0.3, -0.25) is 9.59 Å². The summed E-state index contributed by atoms with van der Waals surface area (Å²) in [5, 5.41) is 4.97. The molecule has 14 heteroatoms. The Morgan fingerprint density at radius 3 is 1.25 bits per heavy atom. The van der Waals surface area contributed by atoms with Crippen LogP contribution in [0.2, 0.25) is 51.4 Å². The van der Waals surface area contributed by atoms with E-state index in [2.05, 4.69) is 97.8 Å². The smallest absolute Gasteiger partial charge is 0.185 e. The number of thioether (sulfide) groups is 6. The monoisotopic (exact) mass is 918 g/mol. The normalized spacial score (nSPS) is 12.2. The number of carbonyl (C=O) groups excluding carboxylic acids is 2. The fourth-order valence-electron chi connectivity index (χ4n) is 4.82. The molecule has 0 N–H and O–H groups in total. The number of hydrogen-bond donors (Lipinski definition) is 0. The Bertz CT molecular complexity index is 1580. The lowest BCUT2D eigenvalue weighted by atomic mass is 10.3. The highest BCUT2D eigenvalue weighted by molar-refractivity contribution is 8.13. The van der Waals surface area contributed by atoms with Gasteiger partial charge >= 0.3 is 0 Å². The molecule has 4 heterocycles. The van der Waals surface area contributed by atoms with E-state index in [9.17, 15) is 9.59 Å². The first-order valence-electron chi connectivity index (χ1n) is 17.9. The molecule has 0 saturated carbocycles. The van der Waals surface area contributed by atoms with Gasteiger partial charge in [-0.15, -0.1) is 92.4 Å². The topological polar surface area (TPSA) is 34.1 Å². The van der Waals surface area contributed by atoms with E-state index in [1.807, 2.05) is 68.9 Å². The minimum atomic E-state index is -1.16. The number of carbonyl (C=O) groups is 2. The molecule has 0 bridgehead atoms. The van der Waals surface area contributed by atoms with E-state index in [0.717, 1.165) is 48.7 Å². The lowest BCUT2D eigenvalue weighted by Gasteiger charge is -2.15. The lowest BCUT2D eigenvalue weighted by molar-refractivity contribution is -0.109. The maximum atomic E-state index is 11.3. The first kappa shape index (κ1) is 45.4. The van der Waals surface area contributed by atoms with Gasteiger partial charge in [0.1, 0.15) is 0 Å². The second-order valence-electron chi connectivity index (χ2n) is 14.9. The van der Waals surface area contributed by atoms with Crippen molar-refractivity contribution in [2.75, 3.05) is 34.5 Å². The fourth-order valence-corrected chi connectivity index (χ4v) is 21.0.